The van der Waals surface area contributed by atoms with Gasteiger partial charge in [0, 0.05) is 31.0 Å². The number of amides is 2. The van der Waals surface area contributed by atoms with Gasteiger partial charge in [-0.15, -0.1) is 0 Å². The van der Waals surface area contributed by atoms with Crippen LogP contribution in [0.25, 0.3) is 0 Å². The number of nitrogens with one attached hydrogen (secondary N) is 1. The zero-order valence-corrected chi connectivity index (χ0v) is 14.4. The lowest BCUT2D eigenvalue weighted by Crippen LogP contribution is -2.44. The number of hydrogen-bond acceptors (Lipinski definition) is 2. The van der Waals surface area contributed by atoms with Gasteiger partial charge >= 0.3 is 0 Å². The number of fused-ring (bicyclic) bond motifs is 1. The Bertz CT molecular complexity index is 807. The second-order valence-corrected chi connectivity index (χ2v) is 6.99. The molecule has 2 aliphatic rings. The van der Waals surface area contributed by atoms with Crippen molar-refractivity contribution in [2.45, 2.75) is 44.8 Å². The Balaban J connectivity index is 1.62. The number of hydrogen-bond donors (Lipinski definition) is 1. The van der Waals surface area contributed by atoms with Gasteiger partial charge in [0.25, 0.3) is 0 Å². The predicted molar refractivity (Wildman–Crippen MR) is 94.9 cm³/mol. The summed E-state index contributed by atoms with van der Waals surface area (Å²) in [6, 6.07) is 12.4. The van der Waals surface area contributed by atoms with E-state index in [1.165, 1.54) is 0 Å². The summed E-state index contributed by atoms with van der Waals surface area (Å²) in [6.45, 7) is 3.45. The number of rotatable bonds is 4. The Hall–Kier alpha value is -2.56. The molecule has 5 nitrogen and oxygen atoms in total. The van der Waals surface area contributed by atoms with Crippen LogP contribution in [0.5, 0.6) is 0 Å². The van der Waals surface area contributed by atoms with Crippen molar-refractivity contribution in [3.05, 3.63) is 59.4 Å². The first-order valence-electron chi connectivity index (χ1n) is 8.93. The largest absolute Gasteiger partial charge is 0.353 e. The summed E-state index contributed by atoms with van der Waals surface area (Å²) in [4.78, 5) is 26.8. The molecule has 130 valence electrons. The summed E-state index contributed by atoms with van der Waals surface area (Å²) in [5, 5.41) is 2.91. The highest BCUT2D eigenvalue weighted by atomic mass is 16.2. The number of carbonyl (C=O) groups excluding carboxylic acids is 2. The van der Waals surface area contributed by atoms with Gasteiger partial charge in [-0.25, -0.2) is 0 Å². The summed E-state index contributed by atoms with van der Waals surface area (Å²) in [7, 11) is 0. The molecular weight excluding hydrogens is 314 g/mol. The SMILES string of the molecule is Cc1ccccc1C1c2cccn2CCN1C(=O)CC(=O)NC1CC1. The molecule has 2 amide bonds. The van der Waals surface area contributed by atoms with Gasteiger partial charge < -0.3 is 14.8 Å². The van der Waals surface area contributed by atoms with Crippen molar-refractivity contribution in [1.29, 1.82) is 0 Å². The topological polar surface area (TPSA) is 54.3 Å². The monoisotopic (exact) mass is 337 g/mol. The average molecular weight is 337 g/mol. The molecule has 5 heteroatoms. The fraction of sp³-hybridized carbons (Fsp3) is 0.400. The fourth-order valence-corrected chi connectivity index (χ4v) is 3.62. The first-order valence-corrected chi connectivity index (χ1v) is 8.93. The van der Waals surface area contributed by atoms with Gasteiger partial charge in [-0.1, -0.05) is 24.3 Å². The quantitative estimate of drug-likeness (QED) is 0.871. The van der Waals surface area contributed by atoms with Crippen LogP contribution >= 0.6 is 0 Å². The Labute approximate surface area is 147 Å². The minimum atomic E-state index is -0.156. The van der Waals surface area contributed by atoms with Crippen molar-refractivity contribution in [3.8, 4) is 0 Å². The molecule has 1 aromatic heterocycles. The van der Waals surface area contributed by atoms with E-state index >= 15 is 0 Å². The van der Waals surface area contributed by atoms with Crippen LogP contribution in [-0.4, -0.2) is 33.9 Å². The molecule has 1 aliphatic carbocycles. The summed E-state index contributed by atoms with van der Waals surface area (Å²) in [6.07, 6.45) is 4.05. The summed E-state index contributed by atoms with van der Waals surface area (Å²) in [5.41, 5.74) is 3.39. The summed E-state index contributed by atoms with van der Waals surface area (Å²) < 4.78 is 2.20. The number of aromatic nitrogens is 1. The Morgan fingerprint density at radius 1 is 1.12 bits per heavy atom. The van der Waals surface area contributed by atoms with Crippen LogP contribution in [0.4, 0.5) is 0 Å². The third-order valence-electron chi connectivity index (χ3n) is 5.10. The average Bonchev–Trinajstić information content (AvgIpc) is 3.27. The van der Waals surface area contributed by atoms with Gasteiger partial charge in [-0.3, -0.25) is 9.59 Å². The van der Waals surface area contributed by atoms with E-state index < -0.39 is 0 Å². The van der Waals surface area contributed by atoms with Gasteiger partial charge in [0.2, 0.25) is 11.8 Å². The molecule has 0 radical (unpaired) electrons. The molecule has 1 fully saturated rings. The predicted octanol–water partition coefficient (Wildman–Crippen LogP) is 2.40. The Morgan fingerprint density at radius 2 is 1.92 bits per heavy atom. The van der Waals surface area contributed by atoms with E-state index in [2.05, 4.69) is 41.2 Å². The van der Waals surface area contributed by atoms with Gasteiger partial charge in [0.15, 0.2) is 0 Å². The van der Waals surface area contributed by atoms with Crippen molar-refractivity contribution in [1.82, 2.24) is 14.8 Å². The summed E-state index contributed by atoms with van der Waals surface area (Å²) in [5.74, 6) is -0.254. The second-order valence-electron chi connectivity index (χ2n) is 6.99. The Morgan fingerprint density at radius 3 is 2.68 bits per heavy atom. The first-order chi connectivity index (χ1) is 12.1. The van der Waals surface area contributed by atoms with Gasteiger partial charge in [0.05, 0.1) is 6.04 Å². The van der Waals surface area contributed by atoms with E-state index in [1.54, 1.807) is 0 Å². The van der Waals surface area contributed by atoms with Crippen LogP contribution in [0.1, 0.15) is 42.1 Å². The molecule has 2 heterocycles. The van der Waals surface area contributed by atoms with Crippen molar-refractivity contribution in [2.24, 2.45) is 0 Å². The fourth-order valence-electron chi connectivity index (χ4n) is 3.62. The van der Waals surface area contributed by atoms with E-state index in [1.807, 2.05) is 23.1 Å². The molecule has 1 unspecified atom stereocenters. The highest BCUT2D eigenvalue weighted by Gasteiger charge is 2.34. The van der Waals surface area contributed by atoms with Crippen LogP contribution < -0.4 is 5.32 Å². The molecule has 1 N–H and O–H groups in total. The Kier molecular flexibility index (Phi) is 4.07. The number of benzene rings is 1. The maximum atomic E-state index is 12.9. The first kappa shape index (κ1) is 15.9. The third kappa shape index (κ3) is 3.18. The van der Waals surface area contributed by atoms with Crippen LogP contribution in [0, 0.1) is 6.92 Å². The standard InChI is InChI=1S/C20H23N3O2/c1-14-5-2-3-6-16(14)20-17-7-4-10-22(17)11-12-23(20)19(25)13-18(24)21-15-8-9-15/h2-7,10,15,20H,8-9,11-13H2,1H3,(H,21,24). The van der Waals surface area contributed by atoms with E-state index in [9.17, 15) is 9.59 Å². The maximum absolute atomic E-state index is 12.9. The number of aryl methyl sites for hydroxylation is 1. The van der Waals surface area contributed by atoms with E-state index in [-0.39, 0.29) is 30.3 Å². The van der Waals surface area contributed by atoms with Gasteiger partial charge in [0.1, 0.15) is 6.42 Å². The molecule has 0 saturated heterocycles. The molecule has 1 saturated carbocycles. The highest BCUT2D eigenvalue weighted by Crippen LogP contribution is 2.34. The number of nitrogens with zero attached hydrogens (tertiary/aromatic N) is 2. The lowest BCUT2D eigenvalue weighted by atomic mass is 9.95. The maximum Gasteiger partial charge on any atom is 0.232 e. The molecule has 0 spiro atoms. The van der Waals surface area contributed by atoms with E-state index in [4.69, 9.17) is 0 Å². The smallest absolute Gasteiger partial charge is 0.232 e. The lowest BCUT2D eigenvalue weighted by molar-refractivity contribution is -0.138. The lowest BCUT2D eigenvalue weighted by Gasteiger charge is -2.38. The minimum absolute atomic E-state index is 0.0699. The highest BCUT2D eigenvalue weighted by molar-refractivity contribution is 5.97. The second kappa shape index (κ2) is 6.39. The van der Waals surface area contributed by atoms with Crippen LogP contribution in [0.15, 0.2) is 42.6 Å². The number of carbonyl (C=O) groups is 2. The molecule has 4 rings (SSSR count). The molecule has 1 aromatic carbocycles. The van der Waals surface area contributed by atoms with Crippen molar-refractivity contribution >= 4 is 11.8 Å². The van der Waals surface area contributed by atoms with Gasteiger partial charge in [-0.05, 0) is 43.0 Å². The van der Waals surface area contributed by atoms with Crippen LogP contribution in [0.2, 0.25) is 0 Å². The van der Waals surface area contributed by atoms with Gasteiger partial charge in [-0.2, -0.15) is 0 Å². The van der Waals surface area contributed by atoms with Crippen LogP contribution in [-0.2, 0) is 16.1 Å². The molecule has 1 aliphatic heterocycles. The van der Waals surface area contributed by atoms with E-state index in [0.29, 0.717) is 6.54 Å². The van der Waals surface area contributed by atoms with Crippen molar-refractivity contribution < 1.29 is 9.59 Å². The van der Waals surface area contributed by atoms with E-state index in [0.717, 1.165) is 36.2 Å². The molecule has 1 atom stereocenters. The zero-order chi connectivity index (χ0) is 17.4. The van der Waals surface area contributed by atoms with Crippen molar-refractivity contribution in [2.75, 3.05) is 6.54 Å². The normalized spacial score (nSPS) is 19.4. The minimum Gasteiger partial charge on any atom is -0.353 e. The zero-order valence-electron chi connectivity index (χ0n) is 14.4. The van der Waals surface area contributed by atoms with Crippen molar-refractivity contribution in [3.63, 3.8) is 0 Å². The molecule has 0 bridgehead atoms. The third-order valence-corrected chi connectivity index (χ3v) is 5.10. The summed E-state index contributed by atoms with van der Waals surface area (Å²) >= 11 is 0. The molecular formula is C20H23N3O2. The van der Waals surface area contributed by atoms with Crippen LogP contribution in [0.3, 0.4) is 0 Å². The molecule has 2 aromatic rings. The molecule has 25 heavy (non-hydrogen) atoms.